The van der Waals surface area contributed by atoms with Crippen LogP contribution < -0.4 is 5.32 Å². The number of ether oxygens (including phenoxy) is 1. The third-order valence-electron chi connectivity index (χ3n) is 2.22. The van der Waals surface area contributed by atoms with Crippen molar-refractivity contribution in [1.82, 2.24) is 20.1 Å². The maximum atomic E-state index is 5.53. The molecule has 0 spiro atoms. The molecule has 0 aromatic carbocycles. The zero-order valence-corrected chi connectivity index (χ0v) is 10.4. The van der Waals surface area contributed by atoms with Crippen LogP contribution in [0.2, 0.25) is 0 Å². The summed E-state index contributed by atoms with van der Waals surface area (Å²) >= 11 is 0. The molecule has 5 nitrogen and oxygen atoms in total. The topological polar surface area (TPSA) is 52.0 Å². The highest BCUT2D eigenvalue weighted by Crippen LogP contribution is 2.05. The number of nitrogens with zero attached hydrogens (tertiary/aromatic N) is 3. The summed E-state index contributed by atoms with van der Waals surface area (Å²) in [5, 5.41) is 7.44. The fourth-order valence-corrected chi connectivity index (χ4v) is 1.42. The van der Waals surface area contributed by atoms with Crippen LogP contribution in [0.5, 0.6) is 0 Å². The van der Waals surface area contributed by atoms with E-state index < -0.39 is 0 Å². The van der Waals surface area contributed by atoms with Crippen LogP contribution in [0, 0.1) is 0 Å². The van der Waals surface area contributed by atoms with Gasteiger partial charge in [0.1, 0.15) is 12.9 Å². The first-order valence-electron chi connectivity index (χ1n) is 5.92. The average molecular weight is 226 g/mol. The Hall–Kier alpha value is -0.940. The number of hydrogen-bond acceptors (Lipinski definition) is 4. The minimum atomic E-state index is 0.333. The predicted molar refractivity (Wildman–Crippen MR) is 63.2 cm³/mol. The standard InChI is InChI=1S/C11H22N4O/c1-4-5-12-6-7-16-8-11-13-9-14-15(11)10(2)3/h9-10,12H,4-8H2,1-3H3. The van der Waals surface area contributed by atoms with E-state index in [1.165, 1.54) is 0 Å². The van der Waals surface area contributed by atoms with E-state index in [9.17, 15) is 0 Å². The van der Waals surface area contributed by atoms with Gasteiger partial charge in [-0.2, -0.15) is 5.10 Å². The molecule has 5 heteroatoms. The van der Waals surface area contributed by atoms with Gasteiger partial charge in [-0.05, 0) is 26.8 Å². The summed E-state index contributed by atoms with van der Waals surface area (Å²) < 4.78 is 7.42. The molecule has 0 aliphatic carbocycles. The molecule has 0 bridgehead atoms. The van der Waals surface area contributed by atoms with Crippen molar-refractivity contribution in [2.45, 2.75) is 39.8 Å². The van der Waals surface area contributed by atoms with E-state index >= 15 is 0 Å². The highest BCUT2D eigenvalue weighted by molar-refractivity contribution is 4.83. The lowest BCUT2D eigenvalue weighted by Gasteiger charge is -2.09. The van der Waals surface area contributed by atoms with E-state index in [0.717, 1.165) is 25.3 Å². The Kier molecular flexibility index (Phi) is 6.03. The number of aromatic nitrogens is 3. The third kappa shape index (κ3) is 4.28. The van der Waals surface area contributed by atoms with Crippen LogP contribution in [0.15, 0.2) is 6.33 Å². The Morgan fingerprint density at radius 1 is 1.44 bits per heavy atom. The first-order chi connectivity index (χ1) is 7.75. The molecule has 1 N–H and O–H groups in total. The van der Waals surface area contributed by atoms with Gasteiger partial charge in [-0.3, -0.25) is 0 Å². The van der Waals surface area contributed by atoms with Gasteiger partial charge in [0, 0.05) is 12.6 Å². The van der Waals surface area contributed by atoms with Gasteiger partial charge in [-0.1, -0.05) is 6.92 Å². The summed E-state index contributed by atoms with van der Waals surface area (Å²) in [6, 6.07) is 0.333. The molecular weight excluding hydrogens is 204 g/mol. The summed E-state index contributed by atoms with van der Waals surface area (Å²) in [6.07, 6.45) is 2.73. The van der Waals surface area contributed by atoms with Crippen LogP contribution in [-0.4, -0.2) is 34.5 Å². The molecule has 1 rings (SSSR count). The van der Waals surface area contributed by atoms with Crippen LogP contribution in [0.1, 0.15) is 39.1 Å². The lowest BCUT2D eigenvalue weighted by atomic mass is 10.4. The summed E-state index contributed by atoms with van der Waals surface area (Å²) in [5.41, 5.74) is 0. The Bertz CT molecular complexity index is 285. The molecule has 0 aliphatic rings. The molecule has 92 valence electrons. The quantitative estimate of drug-likeness (QED) is 0.680. The fourth-order valence-electron chi connectivity index (χ4n) is 1.42. The molecule has 1 aromatic rings. The highest BCUT2D eigenvalue weighted by atomic mass is 16.5. The van der Waals surface area contributed by atoms with Crippen molar-refractivity contribution in [2.75, 3.05) is 19.7 Å². The molecule has 1 heterocycles. The zero-order valence-electron chi connectivity index (χ0n) is 10.4. The van der Waals surface area contributed by atoms with Crippen molar-refractivity contribution >= 4 is 0 Å². The normalized spacial score (nSPS) is 11.2. The van der Waals surface area contributed by atoms with Crippen LogP contribution in [0.25, 0.3) is 0 Å². The number of hydrogen-bond donors (Lipinski definition) is 1. The minimum absolute atomic E-state index is 0.333. The lowest BCUT2D eigenvalue weighted by molar-refractivity contribution is 0.113. The van der Waals surface area contributed by atoms with Gasteiger partial charge in [-0.25, -0.2) is 9.67 Å². The molecule has 0 atom stereocenters. The third-order valence-corrected chi connectivity index (χ3v) is 2.22. The molecule has 0 aliphatic heterocycles. The molecule has 0 unspecified atom stereocenters. The molecule has 0 radical (unpaired) electrons. The Morgan fingerprint density at radius 2 is 2.25 bits per heavy atom. The van der Waals surface area contributed by atoms with Crippen molar-refractivity contribution < 1.29 is 4.74 Å². The summed E-state index contributed by atoms with van der Waals surface area (Å²) in [4.78, 5) is 4.18. The summed E-state index contributed by atoms with van der Waals surface area (Å²) in [7, 11) is 0. The van der Waals surface area contributed by atoms with Gasteiger partial charge in [0.15, 0.2) is 5.82 Å². The maximum Gasteiger partial charge on any atom is 0.153 e. The van der Waals surface area contributed by atoms with Crippen LogP contribution >= 0.6 is 0 Å². The largest absolute Gasteiger partial charge is 0.372 e. The minimum Gasteiger partial charge on any atom is -0.372 e. The van der Waals surface area contributed by atoms with Gasteiger partial charge in [0.25, 0.3) is 0 Å². The second kappa shape index (κ2) is 7.35. The molecular formula is C11H22N4O. The van der Waals surface area contributed by atoms with Gasteiger partial charge in [0.05, 0.1) is 6.61 Å². The first-order valence-corrected chi connectivity index (χ1v) is 5.92. The Morgan fingerprint density at radius 3 is 2.94 bits per heavy atom. The second-order valence-corrected chi connectivity index (χ2v) is 4.02. The van der Waals surface area contributed by atoms with E-state index in [4.69, 9.17) is 4.74 Å². The van der Waals surface area contributed by atoms with Crippen molar-refractivity contribution in [2.24, 2.45) is 0 Å². The molecule has 0 saturated heterocycles. The molecule has 16 heavy (non-hydrogen) atoms. The van der Waals surface area contributed by atoms with Gasteiger partial charge < -0.3 is 10.1 Å². The average Bonchev–Trinajstić information content (AvgIpc) is 2.71. The van der Waals surface area contributed by atoms with E-state index in [0.29, 0.717) is 19.3 Å². The number of nitrogens with one attached hydrogen (secondary N) is 1. The lowest BCUT2D eigenvalue weighted by Crippen LogP contribution is -2.20. The van der Waals surface area contributed by atoms with Gasteiger partial charge in [-0.15, -0.1) is 0 Å². The summed E-state index contributed by atoms with van der Waals surface area (Å²) in [6.45, 7) is 9.51. The second-order valence-electron chi connectivity index (χ2n) is 4.02. The van der Waals surface area contributed by atoms with Crippen LogP contribution in [-0.2, 0) is 11.3 Å². The Balaban J connectivity index is 2.19. The van der Waals surface area contributed by atoms with Gasteiger partial charge in [0.2, 0.25) is 0 Å². The van der Waals surface area contributed by atoms with Crippen molar-refractivity contribution in [3.8, 4) is 0 Å². The molecule has 1 aromatic heterocycles. The number of rotatable bonds is 8. The van der Waals surface area contributed by atoms with E-state index in [1.807, 2.05) is 4.68 Å². The van der Waals surface area contributed by atoms with Crippen LogP contribution in [0.3, 0.4) is 0 Å². The molecule has 0 fully saturated rings. The first kappa shape index (κ1) is 13.1. The molecule has 0 amide bonds. The Labute approximate surface area is 97.2 Å². The van der Waals surface area contributed by atoms with E-state index in [1.54, 1.807) is 6.33 Å². The van der Waals surface area contributed by atoms with Gasteiger partial charge >= 0.3 is 0 Å². The van der Waals surface area contributed by atoms with E-state index in [-0.39, 0.29) is 0 Å². The maximum absolute atomic E-state index is 5.53. The van der Waals surface area contributed by atoms with Crippen molar-refractivity contribution in [3.05, 3.63) is 12.2 Å². The fraction of sp³-hybridized carbons (Fsp3) is 0.818. The summed E-state index contributed by atoms with van der Waals surface area (Å²) in [5.74, 6) is 0.894. The van der Waals surface area contributed by atoms with Crippen molar-refractivity contribution in [1.29, 1.82) is 0 Å². The predicted octanol–water partition coefficient (Wildman–Crippen LogP) is 1.38. The highest BCUT2D eigenvalue weighted by Gasteiger charge is 2.06. The monoisotopic (exact) mass is 226 g/mol. The SMILES string of the molecule is CCCNCCOCc1ncnn1C(C)C. The zero-order chi connectivity index (χ0) is 11.8. The smallest absolute Gasteiger partial charge is 0.153 e. The molecule has 0 saturated carbocycles. The van der Waals surface area contributed by atoms with E-state index in [2.05, 4.69) is 36.2 Å². The van der Waals surface area contributed by atoms with Crippen molar-refractivity contribution in [3.63, 3.8) is 0 Å². The van der Waals surface area contributed by atoms with Crippen LogP contribution in [0.4, 0.5) is 0 Å².